The molecule has 11 rings (SSSR count). The molecule has 0 atom stereocenters. The van der Waals surface area contributed by atoms with Gasteiger partial charge in [0, 0.05) is 37.1 Å². The van der Waals surface area contributed by atoms with Crippen LogP contribution in [0.1, 0.15) is 0 Å². The minimum atomic E-state index is 1.12. The van der Waals surface area contributed by atoms with Gasteiger partial charge in [-0.1, -0.05) is 164 Å². The van der Waals surface area contributed by atoms with E-state index in [0.717, 1.165) is 11.4 Å². The van der Waals surface area contributed by atoms with Crippen molar-refractivity contribution in [1.82, 2.24) is 0 Å². The zero-order valence-corrected chi connectivity index (χ0v) is 30.2. The molecule has 0 fully saturated rings. The third-order valence-electron chi connectivity index (χ3n) is 11.0. The lowest BCUT2D eigenvalue weighted by Gasteiger charge is -2.28. The highest BCUT2D eigenvalue weighted by atomic mass is 32.1. The van der Waals surface area contributed by atoms with E-state index in [9.17, 15) is 0 Å². The third kappa shape index (κ3) is 4.92. The maximum absolute atomic E-state index is 2.47. The number of thiophene rings is 1. The fourth-order valence-electron chi connectivity index (χ4n) is 8.49. The molecule has 0 spiro atoms. The molecule has 54 heavy (non-hydrogen) atoms. The van der Waals surface area contributed by atoms with Gasteiger partial charge in [-0.2, -0.15) is 0 Å². The summed E-state index contributed by atoms with van der Waals surface area (Å²) in [5, 5.41) is 12.6. The molecule has 0 saturated heterocycles. The van der Waals surface area contributed by atoms with E-state index in [2.05, 4.69) is 205 Å². The zero-order valence-electron chi connectivity index (χ0n) is 29.4. The molecule has 1 heterocycles. The molecule has 0 amide bonds. The number of anilines is 3. The first-order valence-corrected chi connectivity index (χ1v) is 19.3. The van der Waals surface area contributed by atoms with E-state index in [0.29, 0.717) is 0 Å². The van der Waals surface area contributed by atoms with Crippen molar-refractivity contribution in [2.45, 2.75) is 0 Å². The van der Waals surface area contributed by atoms with Crippen LogP contribution in [0.15, 0.2) is 200 Å². The fraction of sp³-hybridized carbons (Fsp3) is 0. The van der Waals surface area contributed by atoms with E-state index in [1.165, 1.54) is 91.2 Å². The molecule has 252 valence electrons. The van der Waals surface area contributed by atoms with Crippen molar-refractivity contribution in [3.8, 4) is 22.3 Å². The molecule has 10 aromatic carbocycles. The first kappa shape index (κ1) is 30.8. The second kappa shape index (κ2) is 12.4. The second-order valence-electron chi connectivity index (χ2n) is 14.1. The van der Waals surface area contributed by atoms with Crippen LogP contribution >= 0.6 is 11.3 Å². The van der Waals surface area contributed by atoms with E-state index in [1.807, 2.05) is 11.3 Å². The number of fused-ring (bicyclic) bond motifs is 8. The predicted octanol–water partition coefficient (Wildman–Crippen LogP) is 15.5. The molecule has 11 aromatic rings. The third-order valence-corrected chi connectivity index (χ3v) is 12.2. The Hall–Kier alpha value is -6.74. The van der Waals surface area contributed by atoms with Crippen LogP contribution in [0.4, 0.5) is 17.1 Å². The molecule has 1 aromatic heterocycles. The molecule has 0 radical (unpaired) electrons. The first-order valence-electron chi connectivity index (χ1n) is 18.5. The van der Waals surface area contributed by atoms with E-state index in [4.69, 9.17) is 0 Å². The van der Waals surface area contributed by atoms with Gasteiger partial charge < -0.3 is 4.90 Å². The molecule has 1 nitrogen and oxygen atoms in total. The van der Waals surface area contributed by atoms with Gasteiger partial charge in [0.05, 0.1) is 5.69 Å². The average molecular weight is 704 g/mol. The summed E-state index contributed by atoms with van der Waals surface area (Å²) in [4.78, 5) is 2.47. The average Bonchev–Trinajstić information content (AvgIpc) is 3.64. The van der Waals surface area contributed by atoms with Crippen molar-refractivity contribution >= 4 is 91.7 Å². The maximum atomic E-state index is 2.47. The summed E-state index contributed by atoms with van der Waals surface area (Å²) in [6, 6.07) is 73.5. The van der Waals surface area contributed by atoms with E-state index < -0.39 is 0 Å². The number of hydrogen-bond donors (Lipinski definition) is 0. The summed E-state index contributed by atoms with van der Waals surface area (Å²) in [5.41, 5.74) is 8.40. The van der Waals surface area contributed by atoms with Crippen LogP contribution in [-0.4, -0.2) is 0 Å². The highest BCUT2D eigenvalue weighted by Gasteiger charge is 2.22. The topological polar surface area (TPSA) is 3.24 Å². The molecule has 0 unspecified atom stereocenters. The van der Waals surface area contributed by atoms with Gasteiger partial charge in [0.25, 0.3) is 0 Å². The van der Waals surface area contributed by atoms with Crippen molar-refractivity contribution < 1.29 is 0 Å². The Kier molecular flexibility index (Phi) is 7.11. The highest BCUT2D eigenvalue weighted by Crippen LogP contribution is 2.49. The molecule has 0 aliphatic heterocycles. The second-order valence-corrected chi connectivity index (χ2v) is 15.1. The van der Waals surface area contributed by atoms with Crippen LogP contribution < -0.4 is 4.90 Å². The monoisotopic (exact) mass is 703 g/mol. The number of hydrogen-bond acceptors (Lipinski definition) is 2. The first-order chi connectivity index (χ1) is 26.8. The summed E-state index contributed by atoms with van der Waals surface area (Å²) < 4.78 is 2.59. The van der Waals surface area contributed by atoms with E-state index in [1.54, 1.807) is 0 Å². The van der Waals surface area contributed by atoms with Crippen molar-refractivity contribution in [3.63, 3.8) is 0 Å². The standard InChI is InChI=1S/C52H33NS/c1-4-16-41-34(11-1)14-9-20-42(41)37-25-28-39(29-26-37)53(40-30-27-38-24-23-36-13-3-6-18-44(36)48(38)33-40)49-32-31-46(45-21-10-15-35-12-2-5-17-43(35)45)52-51(49)47-19-7-8-22-50(47)54-52/h1-33H. The Morgan fingerprint density at radius 3 is 1.61 bits per heavy atom. The highest BCUT2D eigenvalue weighted by molar-refractivity contribution is 7.26. The van der Waals surface area contributed by atoms with Gasteiger partial charge in [0.15, 0.2) is 0 Å². The van der Waals surface area contributed by atoms with Gasteiger partial charge in [-0.15, -0.1) is 11.3 Å². The minimum absolute atomic E-state index is 1.12. The van der Waals surface area contributed by atoms with Crippen LogP contribution in [0, 0.1) is 0 Å². The predicted molar refractivity (Wildman–Crippen MR) is 235 cm³/mol. The van der Waals surface area contributed by atoms with Gasteiger partial charge in [-0.3, -0.25) is 0 Å². The molecular formula is C52H33NS. The summed E-state index contributed by atoms with van der Waals surface area (Å²) in [6.07, 6.45) is 0. The minimum Gasteiger partial charge on any atom is -0.310 e. The molecular weight excluding hydrogens is 671 g/mol. The van der Waals surface area contributed by atoms with Gasteiger partial charge in [0.1, 0.15) is 0 Å². The summed E-state index contributed by atoms with van der Waals surface area (Å²) >= 11 is 1.89. The number of rotatable bonds is 5. The summed E-state index contributed by atoms with van der Waals surface area (Å²) in [5.74, 6) is 0. The summed E-state index contributed by atoms with van der Waals surface area (Å²) in [6.45, 7) is 0. The van der Waals surface area contributed by atoms with Crippen molar-refractivity contribution in [1.29, 1.82) is 0 Å². The van der Waals surface area contributed by atoms with Crippen molar-refractivity contribution in [3.05, 3.63) is 200 Å². The summed E-state index contributed by atoms with van der Waals surface area (Å²) in [7, 11) is 0. The lowest BCUT2D eigenvalue weighted by atomic mass is 9.95. The lowest BCUT2D eigenvalue weighted by Crippen LogP contribution is -2.10. The van der Waals surface area contributed by atoms with Gasteiger partial charge in [-0.25, -0.2) is 0 Å². The van der Waals surface area contributed by atoms with E-state index >= 15 is 0 Å². The Labute approximate surface area is 317 Å². The van der Waals surface area contributed by atoms with Gasteiger partial charge in [0.2, 0.25) is 0 Å². The molecule has 2 heteroatoms. The SMILES string of the molecule is c1ccc2c(-c3ccc(N(c4ccc5ccc6ccccc6c5c4)c4ccc(-c5cccc6ccccc56)c5sc6ccccc6c45)cc3)cccc2c1. The lowest BCUT2D eigenvalue weighted by molar-refractivity contribution is 1.31. The quantitative estimate of drug-likeness (QED) is 0.161. The van der Waals surface area contributed by atoms with Crippen LogP contribution in [0.3, 0.4) is 0 Å². The molecule has 0 N–H and O–H groups in total. The smallest absolute Gasteiger partial charge is 0.0555 e. The Bertz CT molecular complexity index is 3220. The largest absolute Gasteiger partial charge is 0.310 e. The maximum Gasteiger partial charge on any atom is 0.0555 e. The normalized spacial score (nSPS) is 11.7. The Morgan fingerprint density at radius 2 is 0.870 bits per heavy atom. The molecule has 0 saturated carbocycles. The Balaban J connectivity index is 1.18. The number of benzene rings is 10. The number of nitrogens with zero attached hydrogens (tertiary/aromatic N) is 1. The molecule has 0 aliphatic carbocycles. The van der Waals surface area contributed by atoms with Gasteiger partial charge >= 0.3 is 0 Å². The van der Waals surface area contributed by atoms with Gasteiger partial charge in [-0.05, 0) is 96.2 Å². The van der Waals surface area contributed by atoms with E-state index in [-0.39, 0.29) is 0 Å². The van der Waals surface area contributed by atoms with Crippen molar-refractivity contribution in [2.24, 2.45) is 0 Å². The molecule has 0 aliphatic rings. The van der Waals surface area contributed by atoms with Crippen LogP contribution in [0.5, 0.6) is 0 Å². The van der Waals surface area contributed by atoms with Crippen LogP contribution in [0.2, 0.25) is 0 Å². The van der Waals surface area contributed by atoms with Crippen molar-refractivity contribution in [2.75, 3.05) is 4.90 Å². The molecule has 0 bridgehead atoms. The zero-order chi connectivity index (χ0) is 35.6. The van der Waals surface area contributed by atoms with Crippen LogP contribution in [0.25, 0.3) is 85.5 Å². The van der Waals surface area contributed by atoms with Crippen LogP contribution in [-0.2, 0) is 0 Å². The fourth-order valence-corrected chi connectivity index (χ4v) is 9.74. The Morgan fingerprint density at radius 1 is 0.333 bits per heavy atom.